The van der Waals surface area contributed by atoms with Gasteiger partial charge in [0, 0.05) is 18.6 Å². The lowest BCUT2D eigenvalue weighted by molar-refractivity contribution is 0.226. The van der Waals surface area contributed by atoms with Gasteiger partial charge in [-0.25, -0.2) is 4.79 Å². The number of carbonyl (C=O) groups is 1. The molecule has 0 aromatic heterocycles. The van der Waals surface area contributed by atoms with Gasteiger partial charge in [-0.05, 0) is 17.7 Å². The van der Waals surface area contributed by atoms with Crippen molar-refractivity contribution in [2.75, 3.05) is 13.6 Å². The molecule has 4 heteroatoms. The Morgan fingerprint density at radius 3 is 2.57 bits per heavy atom. The van der Waals surface area contributed by atoms with E-state index < -0.39 is 0 Å². The van der Waals surface area contributed by atoms with Gasteiger partial charge in [-0.2, -0.15) is 0 Å². The number of likely N-dealkylation sites (N-methyl/N-ethyl adjacent to an activating group) is 1. The molecule has 1 unspecified atom stereocenters. The van der Waals surface area contributed by atoms with E-state index in [2.05, 4.69) is 5.32 Å². The number of benzene rings is 1. The van der Waals surface area contributed by atoms with Crippen LogP contribution in [0.1, 0.15) is 11.6 Å². The van der Waals surface area contributed by atoms with Crippen molar-refractivity contribution in [2.24, 2.45) is 0 Å². The first-order valence-electron chi connectivity index (χ1n) is 4.44. The Morgan fingerprint density at radius 2 is 2.07 bits per heavy atom. The van der Waals surface area contributed by atoms with Gasteiger partial charge in [0.25, 0.3) is 0 Å². The van der Waals surface area contributed by atoms with Crippen LogP contribution in [0.25, 0.3) is 0 Å². The number of urea groups is 1. The van der Waals surface area contributed by atoms with E-state index >= 15 is 0 Å². The molecule has 1 atom stereocenters. The van der Waals surface area contributed by atoms with E-state index in [-0.39, 0.29) is 12.1 Å². The number of nitrogens with zero attached hydrogens (tertiary/aromatic N) is 1. The quantitative estimate of drug-likeness (QED) is 0.756. The third kappa shape index (κ3) is 1.68. The second-order valence-corrected chi connectivity index (χ2v) is 3.87. The van der Waals surface area contributed by atoms with Gasteiger partial charge in [-0.3, -0.25) is 0 Å². The fourth-order valence-electron chi connectivity index (χ4n) is 1.55. The maximum atomic E-state index is 11.2. The van der Waals surface area contributed by atoms with Gasteiger partial charge in [0.15, 0.2) is 0 Å². The number of hydrogen-bond acceptors (Lipinski definition) is 1. The number of nitrogens with one attached hydrogen (secondary N) is 1. The summed E-state index contributed by atoms with van der Waals surface area (Å²) in [4.78, 5) is 12.9. The third-order valence-corrected chi connectivity index (χ3v) is 2.63. The van der Waals surface area contributed by atoms with E-state index in [1.165, 1.54) is 0 Å². The van der Waals surface area contributed by atoms with E-state index in [1.807, 2.05) is 24.3 Å². The minimum atomic E-state index is -0.0232. The minimum Gasteiger partial charge on any atom is -0.329 e. The predicted octanol–water partition coefficient (Wildman–Crippen LogP) is 2.04. The molecule has 1 aliphatic heterocycles. The highest BCUT2D eigenvalue weighted by atomic mass is 35.5. The Labute approximate surface area is 87.7 Å². The van der Waals surface area contributed by atoms with Crippen molar-refractivity contribution in [3.05, 3.63) is 34.9 Å². The van der Waals surface area contributed by atoms with Crippen LogP contribution in [0.5, 0.6) is 0 Å². The molecule has 1 N–H and O–H groups in total. The number of hydrogen-bond donors (Lipinski definition) is 1. The van der Waals surface area contributed by atoms with Crippen LogP contribution in [0.4, 0.5) is 4.79 Å². The number of halogens is 1. The molecule has 14 heavy (non-hydrogen) atoms. The van der Waals surface area contributed by atoms with Crippen molar-refractivity contribution in [3.63, 3.8) is 0 Å². The second kappa shape index (κ2) is 3.50. The highest BCUT2D eigenvalue weighted by Gasteiger charge is 2.26. The molecule has 1 heterocycles. The van der Waals surface area contributed by atoms with E-state index in [1.54, 1.807) is 11.9 Å². The van der Waals surface area contributed by atoms with Crippen LogP contribution in [0, 0.1) is 0 Å². The van der Waals surface area contributed by atoms with E-state index in [4.69, 9.17) is 11.6 Å². The Balaban J connectivity index is 2.17. The lowest BCUT2D eigenvalue weighted by Crippen LogP contribution is -2.23. The van der Waals surface area contributed by atoms with Crippen LogP contribution in [-0.4, -0.2) is 24.5 Å². The fourth-order valence-corrected chi connectivity index (χ4v) is 1.67. The summed E-state index contributed by atoms with van der Waals surface area (Å²) in [5.41, 5.74) is 1.09. The molecule has 0 spiro atoms. The first kappa shape index (κ1) is 9.34. The Morgan fingerprint density at radius 1 is 1.43 bits per heavy atom. The SMILES string of the molecule is CN1CC(c2ccc(Cl)cc2)NC1=O. The monoisotopic (exact) mass is 210 g/mol. The molecular weight excluding hydrogens is 200 g/mol. The molecule has 1 aromatic carbocycles. The summed E-state index contributed by atoms with van der Waals surface area (Å²) in [5.74, 6) is 0. The Hall–Kier alpha value is -1.22. The molecule has 1 aliphatic rings. The molecule has 2 rings (SSSR count). The van der Waals surface area contributed by atoms with Gasteiger partial charge >= 0.3 is 6.03 Å². The van der Waals surface area contributed by atoms with Crippen LogP contribution >= 0.6 is 11.6 Å². The van der Waals surface area contributed by atoms with Crippen molar-refractivity contribution < 1.29 is 4.79 Å². The summed E-state index contributed by atoms with van der Waals surface area (Å²) in [5, 5.41) is 3.60. The van der Waals surface area contributed by atoms with Gasteiger partial charge in [-0.1, -0.05) is 23.7 Å². The van der Waals surface area contributed by atoms with Gasteiger partial charge in [0.2, 0.25) is 0 Å². The maximum absolute atomic E-state index is 11.2. The van der Waals surface area contributed by atoms with Gasteiger partial charge < -0.3 is 10.2 Å². The average Bonchev–Trinajstić information content (AvgIpc) is 2.48. The molecule has 1 fully saturated rings. The van der Waals surface area contributed by atoms with Crippen LogP contribution in [0.15, 0.2) is 24.3 Å². The highest BCUT2D eigenvalue weighted by Crippen LogP contribution is 2.20. The average molecular weight is 211 g/mol. The molecular formula is C10H11ClN2O. The highest BCUT2D eigenvalue weighted by molar-refractivity contribution is 6.30. The zero-order valence-electron chi connectivity index (χ0n) is 7.83. The normalized spacial score (nSPS) is 21.1. The minimum absolute atomic E-state index is 0.0232. The summed E-state index contributed by atoms with van der Waals surface area (Å²) in [6, 6.07) is 7.61. The molecule has 3 nitrogen and oxygen atoms in total. The molecule has 0 saturated carbocycles. The Bertz CT molecular complexity index is 350. The zero-order chi connectivity index (χ0) is 10.1. The van der Waals surface area contributed by atoms with Crippen molar-refractivity contribution in [1.82, 2.24) is 10.2 Å². The summed E-state index contributed by atoms with van der Waals surface area (Å²) < 4.78 is 0. The molecule has 74 valence electrons. The van der Waals surface area contributed by atoms with E-state index in [9.17, 15) is 4.79 Å². The molecule has 1 saturated heterocycles. The third-order valence-electron chi connectivity index (χ3n) is 2.37. The fraction of sp³-hybridized carbons (Fsp3) is 0.300. The topological polar surface area (TPSA) is 32.3 Å². The number of carbonyl (C=O) groups excluding carboxylic acids is 1. The summed E-state index contributed by atoms with van der Waals surface area (Å²) in [6.45, 7) is 0.709. The number of amides is 2. The molecule has 0 radical (unpaired) electrons. The van der Waals surface area contributed by atoms with Crippen LogP contribution in [0.3, 0.4) is 0 Å². The zero-order valence-corrected chi connectivity index (χ0v) is 8.58. The predicted molar refractivity (Wildman–Crippen MR) is 55.4 cm³/mol. The molecule has 2 amide bonds. The first-order chi connectivity index (χ1) is 6.66. The lowest BCUT2D eigenvalue weighted by atomic mass is 10.1. The van der Waals surface area contributed by atoms with Gasteiger partial charge in [0.1, 0.15) is 0 Å². The van der Waals surface area contributed by atoms with Crippen molar-refractivity contribution in [2.45, 2.75) is 6.04 Å². The molecule has 0 bridgehead atoms. The smallest absolute Gasteiger partial charge is 0.317 e. The number of rotatable bonds is 1. The van der Waals surface area contributed by atoms with Crippen LogP contribution in [0.2, 0.25) is 5.02 Å². The second-order valence-electron chi connectivity index (χ2n) is 3.43. The molecule has 1 aromatic rings. The van der Waals surface area contributed by atoms with Gasteiger partial charge in [0.05, 0.1) is 6.04 Å². The molecule has 0 aliphatic carbocycles. The first-order valence-corrected chi connectivity index (χ1v) is 4.82. The largest absolute Gasteiger partial charge is 0.329 e. The Kier molecular flexibility index (Phi) is 2.33. The maximum Gasteiger partial charge on any atom is 0.317 e. The van der Waals surface area contributed by atoms with E-state index in [0.29, 0.717) is 11.6 Å². The van der Waals surface area contributed by atoms with Crippen molar-refractivity contribution >= 4 is 17.6 Å². The summed E-state index contributed by atoms with van der Waals surface area (Å²) in [6.07, 6.45) is 0. The standard InChI is InChI=1S/C10H11ClN2O/c1-13-6-9(12-10(13)14)7-2-4-8(11)5-3-7/h2-5,9H,6H2,1H3,(H,12,14). The van der Waals surface area contributed by atoms with Crippen LogP contribution < -0.4 is 5.32 Å². The van der Waals surface area contributed by atoms with E-state index in [0.717, 1.165) is 5.56 Å². The summed E-state index contributed by atoms with van der Waals surface area (Å²) in [7, 11) is 1.78. The lowest BCUT2D eigenvalue weighted by Gasteiger charge is -2.09. The van der Waals surface area contributed by atoms with Gasteiger partial charge in [-0.15, -0.1) is 0 Å². The van der Waals surface area contributed by atoms with Crippen molar-refractivity contribution in [3.8, 4) is 0 Å². The summed E-state index contributed by atoms with van der Waals surface area (Å²) >= 11 is 5.78. The van der Waals surface area contributed by atoms with Crippen LogP contribution in [-0.2, 0) is 0 Å². The van der Waals surface area contributed by atoms with Crippen molar-refractivity contribution in [1.29, 1.82) is 0 Å².